The number of nitro groups is 1. The van der Waals surface area contributed by atoms with E-state index in [-0.39, 0.29) is 11.3 Å². The van der Waals surface area contributed by atoms with Crippen molar-refractivity contribution in [2.45, 2.75) is 6.18 Å². The van der Waals surface area contributed by atoms with Gasteiger partial charge in [-0.1, -0.05) is 15.9 Å². The normalized spacial score (nSPS) is 11.7. The molecule has 0 amide bonds. The van der Waals surface area contributed by atoms with Crippen molar-refractivity contribution in [1.29, 1.82) is 0 Å². The molecule has 0 bridgehead atoms. The quantitative estimate of drug-likeness (QED) is 0.446. The molecule has 24 heavy (non-hydrogen) atoms. The summed E-state index contributed by atoms with van der Waals surface area (Å²) in [5, 5.41) is 23.9. The molecule has 0 aliphatic heterocycles. The smallest absolute Gasteiger partial charge is 0.418 e. The third kappa shape index (κ3) is 4.22. The highest BCUT2D eigenvalue weighted by molar-refractivity contribution is 9.10. The Morgan fingerprint density at radius 2 is 1.96 bits per heavy atom. The first-order chi connectivity index (χ1) is 11.2. The molecule has 0 fully saturated rings. The van der Waals surface area contributed by atoms with Crippen molar-refractivity contribution in [2.24, 2.45) is 5.10 Å². The molecule has 0 saturated heterocycles. The van der Waals surface area contributed by atoms with E-state index in [0.717, 1.165) is 18.3 Å². The number of rotatable bonds is 4. The van der Waals surface area contributed by atoms with Gasteiger partial charge in [-0.25, -0.2) is 0 Å². The molecule has 10 heteroatoms. The van der Waals surface area contributed by atoms with E-state index in [2.05, 4.69) is 26.5 Å². The topological polar surface area (TPSA) is 87.8 Å². The maximum Gasteiger partial charge on any atom is 0.418 e. The summed E-state index contributed by atoms with van der Waals surface area (Å²) >= 11 is 3.19. The lowest BCUT2D eigenvalue weighted by Crippen LogP contribution is -2.09. The van der Waals surface area contributed by atoms with Crippen LogP contribution in [0.1, 0.15) is 11.1 Å². The lowest BCUT2D eigenvalue weighted by Gasteiger charge is -2.11. The zero-order chi connectivity index (χ0) is 17.9. The first-order valence-electron chi connectivity index (χ1n) is 6.31. The van der Waals surface area contributed by atoms with Crippen LogP contribution in [0.2, 0.25) is 0 Å². The molecule has 0 aromatic heterocycles. The van der Waals surface area contributed by atoms with Crippen molar-refractivity contribution < 1.29 is 23.2 Å². The molecular weight excluding hydrogens is 395 g/mol. The number of non-ortho nitro benzene ring substituents is 1. The highest BCUT2D eigenvalue weighted by Crippen LogP contribution is 2.37. The van der Waals surface area contributed by atoms with Gasteiger partial charge < -0.3 is 5.11 Å². The Labute approximate surface area is 141 Å². The Morgan fingerprint density at radius 3 is 2.58 bits per heavy atom. The second-order valence-corrected chi connectivity index (χ2v) is 5.47. The van der Waals surface area contributed by atoms with E-state index in [4.69, 9.17) is 0 Å². The minimum absolute atomic E-state index is 0.108. The zero-order valence-corrected chi connectivity index (χ0v) is 13.3. The molecule has 2 aromatic carbocycles. The molecule has 2 aromatic rings. The van der Waals surface area contributed by atoms with Crippen LogP contribution in [0, 0.1) is 10.1 Å². The van der Waals surface area contributed by atoms with Crippen LogP contribution in [0.25, 0.3) is 0 Å². The molecule has 0 aliphatic rings. The van der Waals surface area contributed by atoms with E-state index in [1.165, 1.54) is 12.1 Å². The fourth-order valence-corrected chi connectivity index (χ4v) is 2.16. The van der Waals surface area contributed by atoms with E-state index in [1.807, 2.05) is 0 Å². The number of alkyl halides is 3. The maximum atomic E-state index is 13.0. The van der Waals surface area contributed by atoms with Gasteiger partial charge in [-0.05, 0) is 24.3 Å². The van der Waals surface area contributed by atoms with Gasteiger partial charge in [0.15, 0.2) is 0 Å². The second-order valence-electron chi connectivity index (χ2n) is 4.56. The van der Waals surface area contributed by atoms with E-state index in [0.29, 0.717) is 10.5 Å². The van der Waals surface area contributed by atoms with Gasteiger partial charge in [-0.15, -0.1) is 0 Å². The number of hydrogen-bond acceptors (Lipinski definition) is 5. The largest absolute Gasteiger partial charge is 0.507 e. The van der Waals surface area contributed by atoms with Gasteiger partial charge in [-0.3, -0.25) is 15.5 Å². The van der Waals surface area contributed by atoms with Crippen molar-refractivity contribution in [3.8, 4) is 5.75 Å². The van der Waals surface area contributed by atoms with Gasteiger partial charge in [-0.2, -0.15) is 18.3 Å². The summed E-state index contributed by atoms with van der Waals surface area (Å²) < 4.78 is 39.6. The monoisotopic (exact) mass is 403 g/mol. The summed E-state index contributed by atoms with van der Waals surface area (Å²) in [5.41, 5.74) is 0.112. The van der Waals surface area contributed by atoms with Crippen molar-refractivity contribution in [3.05, 3.63) is 62.1 Å². The van der Waals surface area contributed by atoms with Crippen molar-refractivity contribution in [3.63, 3.8) is 0 Å². The third-order valence-electron chi connectivity index (χ3n) is 2.90. The number of nitrogens with zero attached hydrogens (tertiary/aromatic N) is 2. The number of benzene rings is 2. The van der Waals surface area contributed by atoms with Gasteiger partial charge >= 0.3 is 6.18 Å². The van der Waals surface area contributed by atoms with Gasteiger partial charge in [0.2, 0.25) is 0 Å². The third-order valence-corrected chi connectivity index (χ3v) is 3.39. The molecule has 0 radical (unpaired) electrons. The maximum absolute atomic E-state index is 13.0. The number of hydrogen-bond donors (Lipinski definition) is 2. The van der Waals surface area contributed by atoms with Crippen molar-refractivity contribution in [2.75, 3.05) is 5.43 Å². The Hall–Kier alpha value is -2.62. The van der Waals surface area contributed by atoms with Crippen molar-refractivity contribution >= 4 is 33.5 Å². The van der Waals surface area contributed by atoms with Crippen LogP contribution in [0.3, 0.4) is 0 Å². The summed E-state index contributed by atoms with van der Waals surface area (Å²) in [6, 6.07) is 6.76. The number of aromatic hydroxyl groups is 1. The lowest BCUT2D eigenvalue weighted by atomic mass is 10.1. The SMILES string of the molecule is O=[N+]([O-])c1ccc(NN=Cc2cc(Br)ccc2O)c(C(F)(F)F)c1. The van der Waals surface area contributed by atoms with Gasteiger partial charge in [0.05, 0.1) is 22.4 Å². The second kappa shape index (κ2) is 6.87. The minimum atomic E-state index is -4.79. The molecule has 0 aliphatic carbocycles. The Bertz CT molecular complexity index is 810. The van der Waals surface area contributed by atoms with Crippen LogP contribution in [0.5, 0.6) is 5.75 Å². The van der Waals surface area contributed by atoms with E-state index < -0.39 is 28.0 Å². The molecule has 6 nitrogen and oxygen atoms in total. The number of anilines is 1. The predicted molar refractivity (Wildman–Crippen MR) is 85.1 cm³/mol. The molecule has 2 N–H and O–H groups in total. The summed E-state index contributed by atoms with van der Waals surface area (Å²) in [5.74, 6) is -0.108. The zero-order valence-electron chi connectivity index (χ0n) is 11.7. The molecule has 0 spiro atoms. The number of nitro benzene ring substituents is 1. The molecule has 0 saturated carbocycles. The van der Waals surface area contributed by atoms with Gasteiger partial charge in [0, 0.05) is 22.2 Å². The van der Waals surface area contributed by atoms with E-state index in [9.17, 15) is 28.4 Å². The fraction of sp³-hybridized carbons (Fsp3) is 0.0714. The molecule has 0 unspecified atom stereocenters. The molecular formula is C14H9BrF3N3O3. The van der Waals surface area contributed by atoms with Crippen LogP contribution >= 0.6 is 15.9 Å². The summed E-state index contributed by atoms with van der Waals surface area (Å²) in [6.07, 6.45) is -3.66. The first kappa shape index (κ1) is 17.7. The van der Waals surface area contributed by atoms with Gasteiger partial charge in [0.25, 0.3) is 5.69 Å². The van der Waals surface area contributed by atoms with Crippen LogP contribution in [0.4, 0.5) is 24.5 Å². The Balaban J connectivity index is 2.31. The summed E-state index contributed by atoms with van der Waals surface area (Å²) in [6.45, 7) is 0. The van der Waals surface area contributed by atoms with E-state index in [1.54, 1.807) is 6.07 Å². The Kier molecular flexibility index (Phi) is 5.07. The molecule has 126 valence electrons. The Morgan fingerprint density at radius 1 is 1.25 bits per heavy atom. The van der Waals surface area contributed by atoms with Crippen LogP contribution in [-0.2, 0) is 6.18 Å². The molecule has 0 atom stereocenters. The van der Waals surface area contributed by atoms with Crippen molar-refractivity contribution in [1.82, 2.24) is 0 Å². The predicted octanol–water partition coefficient (Wildman–Crippen LogP) is 4.53. The van der Waals surface area contributed by atoms with Crippen LogP contribution in [0.15, 0.2) is 46.0 Å². The highest BCUT2D eigenvalue weighted by Gasteiger charge is 2.35. The minimum Gasteiger partial charge on any atom is -0.507 e. The van der Waals surface area contributed by atoms with Gasteiger partial charge in [0.1, 0.15) is 5.75 Å². The average molecular weight is 404 g/mol. The number of hydrazone groups is 1. The number of phenols is 1. The molecule has 2 rings (SSSR count). The van der Waals surface area contributed by atoms with Crippen LogP contribution < -0.4 is 5.43 Å². The summed E-state index contributed by atoms with van der Waals surface area (Å²) in [7, 11) is 0. The summed E-state index contributed by atoms with van der Waals surface area (Å²) in [4.78, 5) is 9.70. The molecule has 0 heterocycles. The number of halogens is 4. The lowest BCUT2D eigenvalue weighted by molar-refractivity contribution is -0.385. The highest BCUT2D eigenvalue weighted by atomic mass is 79.9. The fourth-order valence-electron chi connectivity index (χ4n) is 1.78. The number of phenolic OH excluding ortho intramolecular Hbond substituents is 1. The van der Waals surface area contributed by atoms with E-state index >= 15 is 0 Å². The number of nitrogens with one attached hydrogen (secondary N) is 1. The van der Waals surface area contributed by atoms with Crippen LogP contribution in [-0.4, -0.2) is 16.2 Å². The standard InChI is InChI=1S/C14H9BrF3N3O3/c15-9-1-4-13(22)8(5-9)7-19-20-12-3-2-10(21(23)24)6-11(12)14(16,17)18/h1-7,20,22H. The first-order valence-corrected chi connectivity index (χ1v) is 7.11. The average Bonchev–Trinajstić information content (AvgIpc) is 2.49.